The molecule has 0 saturated heterocycles. The van der Waals surface area contributed by atoms with Crippen LogP contribution in [0.1, 0.15) is 21.5 Å². The number of aliphatic hydroxyl groups is 1. The van der Waals surface area contributed by atoms with Gasteiger partial charge in [-0.2, -0.15) is 0 Å². The number of ether oxygens (including phenoxy) is 1. The molecule has 0 unspecified atom stereocenters. The first-order chi connectivity index (χ1) is 10.1. The summed E-state index contributed by atoms with van der Waals surface area (Å²) < 4.78 is 5.05. The van der Waals surface area contributed by atoms with Gasteiger partial charge in [-0.1, -0.05) is 24.3 Å². The minimum Gasteiger partial charge on any atom is -0.495 e. The number of carbonyl (C=O) groups is 1. The Morgan fingerprint density at radius 2 is 1.86 bits per heavy atom. The van der Waals surface area contributed by atoms with Gasteiger partial charge in [-0.25, -0.2) is 0 Å². The third-order valence-corrected chi connectivity index (χ3v) is 3.15. The molecule has 0 aromatic heterocycles. The molecule has 21 heavy (non-hydrogen) atoms. The molecule has 5 nitrogen and oxygen atoms in total. The summed E-state index contributed by atoms with van der Waals surface area (Å²) in [4.78, 5) is 12.0. The fraction of sp³-hybridized carbons (Fsp3) is 0.188. The topological polar surface area (TPSA) is 84.6 Å². The van der Waals surface area contributed by atoms with Crippen molar-refractivity contribution in [3.63, 3.8) is 0 Å². The zero-order chi connectivity index (χ0) is 15.2. The number of nitrogen functional groups attached to an aromatic ring is 1. The lowest BCUT2D eigenvalue weighted by Crippen LogP contribution is -2.22. The van der Waals surface area contributed by atoms with Gasteiger partial charge >= 0.3 is 0 Å². The van der Waals surface area contributed by atoms with Crippen molar-refractivity contribution in [2.24, 2.45) is 0 Å². The molecule has 2 rings (SSSR count). The number of aliphatic hydroxyl groups excluding tert-OH is 1. The molecule has 0 spiro atoms. The molecular formula is C16H18N2O3. The van der Waals surface area contributed by atoms with Crippen LogP contribution in [0.3, 0.4) is 0 Å². The van der Waals surface area contributed by atoms with Crippen LogP contribution < -0.4 is 15.8 Å². The molecule has 0 atom stereocenters. The van der Waals surface area contributed by atoms with E-state index in [2.05, 4.69) is 5.32 Å². The number of nitrogens with one attached hydrogen (secondary N) is 1. The third-order valence-electron chi connectivity index (χ3n) is 3.15. The molecule has 0 aliphatic rings. The molecule has 2 aromatic rings. The highest BCUT2D eigenvalue weighted by Crippen LogP contribution is 2.21. The molecule has 0 fully saturated rings. The molecule has 0 heterocycles. The van der Waals surface area contributed by atoms with Crippen LogP contribution in [0.25, 0.3) is 0 Å². The summed E-state index contributed by atoms with van der Waals surface area (Å²) in [5.41, 5.74) is 8.50. The minimum absolute atomic E-state index is 0.0117. The average molecular weight is 286 g/mol. The molecule has 5 heteroatoms. The zero-order valence-corrected chi connectivity index (χ0v) is 11.8. The maximum atomic E-state index is 12.0. The number of carbonyl (C=O) groups excluding carboxylic acids is 1. The van der Waals surface area contributed by atoms with Crippen LogP contribution >= 0.6 is 0 Å². The Morgan fingerprint density at radius 1 is 1.19 bits per heavy atom. The van der Waals surface area contributed by atoms with Gasteiger partial charge < -0.3 is 20.9 Å². The lowest BCUT2D eigenvalue weighted by atomic mass is 10.1. The first-order valence-electron chi connectivity index (χ1n) is 6.54. The lowest BCUT2D eigenvalue weighted by Gasteiger charge is -2.08. The van der Waals surface area contributed by atoms with Gasteiger partial charge in [-0.15, -0.1) is 0 Å². The average Bonchev–Trinajstić information content (AvgIpc) is 2.53. The number of methoxy groups -OCH3 is 1. The second-order valence-corrected chi connectivity index (χ2v) is 4.61. The molecular weight excluding hydrogens is 268 g/mol. The van der Waals surface area contributed by atoms with Crippen LogP contribution in [0, 0.1) is 0 Å². The quantitative estimate of drug-likeness (QED) is 0.730. The van der Waals surface area contributed by atoms with E-state index in [0.29, 0.717) is 23.5 Å². The largest absolute Gasteiger partial charge is 0.495 e. The second-order valence-electron chi connectivity index (χ2n) is 4.61. The van der Waals surface area contributed by atoms with Crippen molar-refractivity contribution >= 4 is 11.6 Å². The number of hydrogen-bond acceptors (Lipinski definition) is 4. The van der Waals surface area contributed by atoms with E-state index in [9.17, 15) is 4.79 Å². The number of nitrogens with two attached hydrogens (primary N) is 1. The molecule has 4 N–H and O–H groups in total. The van der Waals surface area contributed by atoms with Crippen LogP contribution in [0.2, 0.25) is 0 Å². The Balaban J connectivity index is 1.99. The van der Waals surface area contributed by atoms with Crippen LogP contribution in [-0.2, 0) is 13.2 Å². The number of hydrogen-bond donors (Lipinski definition) is 3. The summed E-state index contributed by atoms with van der Waals surface area (Å²) in [7, 11) is 1.53. The molecule has 0 aliphatic heterocycles. The van der Waals surface area contributed by atoms with Crippen molar-refractivity contribution in [2.75, 3.05) is 12.8 Å². The Bertz CT molecular complexity index is 624. The lowest BCUT2D eigenvalue weighted by molar-refractivity contribution is 0.0951. The van der Waals surface area contributed by atoms with Gasteiger partial charge in [0, 0.05) is 12.1 Å². The predicted molar refractivity (Wildman–Crippen MR) is 80.9 cm³/mol. The summed E-state index contributed by atoms with van der Waals surface area (Å²) >= 11 is 0. The normalized spacial score (nSPS) is 10.2. The number of benzene rings is 2. The highest BCUT2D eigenvalue weighted by atomic mass is 16.5. The molecule has 0 saturated carbocycles. The molecule has 0 aliphatic carbocycles. The Labute approximate surface area is 123 Å². The predicted octanol–water partition coefficient (Wildman–Crippen LogP) is 1.70. The SMILES string of the molecule is COc1ccc(C(=O)NCc2ccc(CO)cc2)cc1N. The molecule has 2 aromatic carbocycles. The first kappa shape index (κ1) is 14.9. The van der Waals surface area contributed by atoms with Gasteiger partial charge in [-0.3, -0.25) is 4.79 Å². The van der Waals surface area contributed by atoms with Gasteiger partial charge in [0.2, 0.25) is 0 Å². The Morgan fingerprint density at radius 3 is 2.43 bits per heavy atom. The van der Waals surface area contributed by atoms with E-state index in [-0.39, 0.29) is 12.5 Å². The second kappa shape index (κ2) is 6.76. The summed E-state index contributed by atoms with van der Waals surface area (Å²) in [6, 6.07) is 12.3. The maximum absolute atomic E-state index is 12.0. The maximum Gasteiger partial charge on any atom is 0.251 e. The number of amides is 1. The van der Waals surface area contributed by atoms with Crippen LogP contribution in [0.5, 0.6) is 5.75 Å². The minimum atomic E-state index is -0.199. The van der Waals surface area contributed by atoms with Crippen molar-refractivity contribution in [3.05, 3.63) is 59.2 Å². The van der Waals surface area contributed by atoms with E-state index in [0.717, 1.165) is 11.1 Å². The summed E-state index contributed by atoms with van der Waals surface area (Å²) in [6.07, 6.45) is 0. The Hall–Kier alpha value is -2.53. The highest BCUT2D eigenvalue weighted by molar-refractivity contribution is 5.95. The monoisotopic (exact) mass is 286 g/mol. The molecule has 110 valence electrons. The van der Waals surface area contributed by atoms with Crippen molar-refractivity contribution in [3.8, 4) is 5.75 Å². The van der Waals surface area contributed by atoms with E-state index < -0.39 is 0 Å². The summed E-state index contributed by atoms with van der Waals surface area (Å²) in [6.45, 7) is 0.425. The van der Waals surface area contributed by atoms with Crippen molar-refractivity contribution < 1.29 is 14.6 Å². The Kier molecular flexibility index (Phi) is 4.79. The van der Waals surface area contributed by atoms with Gasteiger partial charge in [0.05, 0.1) is 19.4 Å². The van der Waals surface area contributed by atoms with E-state index >= 15 is 0 Å². The molecule has 0 bridgehead atoms. The van der Waals surface area contributed by atoms with Gasteiger partial charge in [-0.05, 0) is 29.3 Å². The smallest absolute Gasteiger partial charge is 0.251 e. The van der Waals surface area contributed by atoms with E-state index in [1.807, 2.05) is 24.3 Å². The fourth-order valence-electron chi connectivity index (χ4n) is 1.92. The molecule has 1 amide bonds. The fourth-order valence-corrected chi connectivity index (χ4v) is 1.92. The number of anilines is 1. The zero-order valence-electron chi connectivity index (χ0n) is 11.8. The van der Waals surface area contributed by atoms with Crippen molar-refractivity contribution in [1.82, 2.24) is 5.32 Å². The highest BCUT2D eigenvalue weighted by Gasteiger charge is 2.08. The van der Waals surface area contributed by atoms with Crippen LogP contribution in [0.4, 0.5) is 5.69 Å². The van der Waals surface area contributed by atoms with E-state index in [1.54, 1.807) is 18.2 Å². The van der Waals surface area contributed by atoms with Crippen LogP contribution in [0.15, 0.2) is 42.5 Å². The third kappa shape index (κ3) is 3.73. The standard InChI is InChI=1S/C16H18N2O3/c1-21-15-7-6-13(8-14(15)17)16(20)18-9-11-2-4-12(10-19)5-3-11/h2-8,19H,9-10,17H2,1H3,(H,18,20). The van der Waals surface area contributed by atoms with Crippen molar-refractivity contribution in [2.45, 2.75) is 13.2 Å². The van der Waals surface area contributed by atoms with Crippen molar-refractivity contribution in [1.29, 1.82) is 0 Å². The number of rotatable bonds is 5. The van der Waals surface area contributed by atoms with E-state index in [1.165, 1.54) is 7.11 Å². The summed E-state index contributed by atoms with van der Waals surface area (Å²) in [5.74, 6) is 0.349. The van der Waals surface area contributed by atoms with Gasteiger partial charge in [0.25, 0.3) is 5.91 Å². The summed E-state index contributed by atoms with van der Waals surface area (Å²) in [5, 5.41) is 11.8. The van der Waals surface area contributed by atoms with Gasteiger partial charge in [0.1, 0.15) is 5.75 Å². The molecule has 0 radical (unpaired) electrons. The van der Waals surface area contributed by atoms with Crippen LogP contribution in [-0.4, -0.2) is 18.1 Å². The first-order valence-corrected chi connectivity index (χ1v) is 6.54. The van der Waals surface area contributed by atoms with E-state index in [4.69, 9.17) is 15.6 Å². The van der Waals surface area contributed by atoms with Gasteiger partial charge in [0.15, 0.2) is 0 Å².